The third kappa shape index (κ3) is 4.02. The van der Waals surface area contributed by atoms with E-state index in [-0.39, 0.29) is 11.6 Å². The maximum absolute atomic E-state index is 12.7. The molecule has 142 valence electrons. The summed E-state index contributed by atoms with van der Waals surface area (Å²) in [5.74, 6) is 0.474. The normalized spacial score (nSPS) is 36.6. The van der Waals surface area contributed by atoms with E-state index < -0.39 is 24.1 Å². The Kier molecular flexibility index (Phi) is 5.42. The van der Waals surface area contributed by atoms with Crippen LogP contribution >= 0.6 is 0 Å². The first kappa shape index (κ1) is 18.7. The summed E-state index contributed by atoms with van der Waals surface area (Å²) in [4.78, 5) is 25.0. The second-order valence-electron chi connectivity index (χ2n) is 8.56. The number of carbonyl (C=O) groups is 2. The number of rotatable bonds is 7. The lowest BCUT2D eigenvalue weighted by atomic mass is 9.54. The largest absolute Gasteiger partial charge is 0.459 e. The average Bonchev–Trinajstić information content (AvgIpc) is 2.51. The van der Waals surface area contributed by atoms with Gasteiger partial charge in [0.2, 0.25) is 0 Å². The van der Waals surface area contributed by atoms with E-state index in [1.165, 1.54) is 19.3 Å². The van der Waals surface area contributed by atoms with Gasteiger partial charge in [-0.25, -0.2) is 0 Å². The molecule has 0 spiro atoms. The second-order valence-corrected chi connectivity index (χ2v) is 8.56. The molecule has 0 aromatic heterocycles. The fourth-order valence-electron chi connectivity index (χ4n) is 5.41. The fraction of sp³-hybridized carbons (Fsp3) is 0.900. The van der Waals surface area contributed by atoms with E-state index in [9.17, 15) is 9.59 Å². The van der Waals surface area contributed by atoms with Crippen LogP contribution in [0.5, 0.6) is 0 Å². The van der Waals surface area contributed by atoms with Crippen LogP contribution in [-0.4, -0.2) is 30.4 Å². The summed E-state index contributed by atoms with van der Waals surface area (Å²) in [6, 6.07) is 0. The van der Waals surface area contributed by atoms with Gasteiger partial charge in [-0.3, -0.25) is 9.59 Å². The molecule has 0 aromatic rings. The van der Waals surface area contributed by atoms with Gasteiger partial charge >= 0.3 is 11.9 Å². The van der Waals surface area contributed by atoms with Gasteiger partial charge in [-0.2, -0.15) is 0 Å². The van der Waals surface area contributed by atoms with Crippen molar-refractivity contribution in [2.75, 3.05) is 6.61 Å². The zero-order valence-electron chi connectivity index (χ0n) is 16.0. The van der Waals surface area contributed by atoms with E-state index >= 15 is 0 Å². The highest BCUT2D eigenvalue weighted by atomic mass is 16.7. The van der Waals surface area contributed by atoms with Crippen LogP contribution in [0.25, 0.3) is 0 Å². The smallest absolute Gasteiger partial charge is 0.311 e. The molecule has 0 radical (unpaired) electrons. The number of carbonyl (C=O) groups excluding carboxylic acids is 2. The highest BCUT2D eigenvalue weighted by Crippen LogP contribution is 2.57. The van der Waals surface area contributed by atoms with Gasteiger partial charge < -0.3 is 14.2 Å². The lowest BCUT2D eigenvalue weighted by Crippen LogP contribution is -2.53. The first-order valence-electron chi connectivity index (χ1n) is 9.87. The van der Waals surface area contributed by atoms with Crippen LogP contribution in [0.2, 0.25) is 0 Å². The van der Waals surface area contributed by atoms with Gasteiger partial charge in [0.25, 0.3) is 0 Å². The molecule has 25 heavy (non-hydrogen) atoms. The van der Waals surface area contributed by atoms with Crippen molar-refractivity contribution in [1.82, 2.24) is 0 Å². The lowest BCUT2D eigenvalue weighted by molar-refractivity contribution is -0.197. The summed E-state index contributed by atoms with van der Waals surface area (Å²) in [6.45, 7) is 7.50. The van der Waals surface area contributed by atoms with Crippen molar-refractivity contribution < 1.29 is 23.8 Å². The molecule has 0 amide bonds. The predicted molar refractivity (Wildman–Crippen MR) is 92.5 cm³/mol. The molecule has 3 atom stereocenters. The number of esters is 2. The molecule has 0 aliphatic heterocycles. The quantitative estimate of drug-likeness (QED) is 0.516. The van der Waals surface area contributed by atoms with Crippen LogP contribution in [0.3, 0.4) is 0 Å². The molecule has 4 bridgehead atoms. The van der Waals surface area contributed by atoms with Crippen molar-refractivity contribution in [2.24, 2.45) is 29.6 Å². The van der Waals surface area contributed by atoms with Crippen LogP contribution in [0.4, 0.5) is 0 Å². The van der Waals surface area contributed by atoms with Crippen LogP contribution < -0.4 is 0 Å². The fourth-order valence-corrected chi connectivity index (χ4v) is 5.41. The minimum atomic E-state index is -0.591. The summed E-state index contributed by atoms with van der Waals surface area (Å²) >= 11 is 0. The zero-order chi connectivity index (χ0) is 18.2. The maximum Gasteiger partial charge on any atom is 0.311 e. The summed E-state index contributed by atoms with van der Waals surface area (Å²) in [6.07, 6.45) is 6.37. The Morgan fingerprint density at radius 3 is 1.88 bits per heavy atom. The molecular weight excluding hydrogens is 320 g/mol. The first-order chi connectivity index (χ1) is 11.8. The van der Waals surface area contributed by atoms with Gasteiger partial charge in [0, 0.05) is 6.61 Å². The third-order valence-corrected chi connectivity index (χ3v) is 6.48. The van der Waals surface area contributed by atoms with Crippen molar-refractivity contribution in [2.45, 2.75) is 78.1 Å². The Morgan fingerprint density at radius 1 is 0.920 bits per heavy atom. The van der Waals surface area contributed by atoms with Crippen molar-refractivity contribution in [3.8, 4) is 0 Å². The minimum Gasteiger partial charge on any atom is -0.459 e. The summed E-state index contributed by atoms with van der Waals surface area (Å²) in [5.41, 5.74) is -0.262. The van der Waals surface area contributed by atoms with Crippen LogP contribution in [0.1, 0.15) is 66.2 Å². The van der Waals surface area contributed by atoms with Gasteiger partial charge in [-0.05, 0) is 70.1 Å². The lowest BCUT2D eigenvalue weighted by Gasteiger charge is -2.55. The van der Waals surface area contributed by atoms with Crippen molar-refractivity contribution in [3.63, 3.8) is 0 Å². The highest BCUT2D eigenvalue weighted by molar-refractivity contribution is 5.81. The Balaban J connectivity index is 1.56. The molecule has 0 aromatic carbocycles. The molecule has 0 heterocycles. The van der Waals surface area contributed by atoms with E-state index in [4.69, 9.17) is 14.2 Å². The summed E-state index contributed by atoms with van der Waals surface area (Å²) in [5, 5.41) is 0. The molecule has 0 N–H and O–H groups in total. The van der Waals surface area contributed by atoms with E-state index in [1.807, 2.05) is 6.92 Å². The van der Waals surface area contributed by atoms with Crippen LogP contribution in [-0.2, 0) is 23.8 Å². The molecule has 3 unspecified atom stereocenters. The van der Waals surface area contributed by atoms with Gasteiger partial charge in [-0.15, -0.1) is 0 Å². The standard InChI is InChI=1S/C20H32O5/c1-5-23-14(4)24-18(21)12(2)13(3)19(22)25-20-9-15-6-16(10-20)8-17(7-15)11-20/h12-17H,5-11H2,1-4H3. The average molecular weight is 352 g/mol. The van der Waals surface area contributed by atoms with Gasteiger partial charge in [0.05, 0.1) is 11.8 Å². The van der Waals surface area contributed by atoms with Gasteiger partial charge in [0.15, 0.2) is 6.29 Å². The maximum atomic E-state index is 12.7. The van der Waals surface area contributed by atoms with E-state index in [0.29, 0.717) is 6.61 Å². The predicted octanol–water partition coefficient (Wildman–Crippen LogP) is 3.70. The van der Waals surface area contributed by atoms with Crippen molar-refractivity contribution >= 4 is 11.9 Å². The summed E-state index contributed by atoms with van der Waals surface area (Å²) < 4.78 is 16.5. The van der Waals surface area contributed by atoms with Crippen molar-refractivity contribution in [1.29, 1.82) is 0 Å². The first-order valence-corrected chi connectivity index (χ1v) is 9.87. The molecule has 4 fully saturated rings. The Hall–Kier alpha value is -1.10. The number of hydrogen-bond donors (Lipinski definition) is 0. The third-order valence-electron chi connectivity index (χ3n) is 6.48. The molecule has 5 nitrogen and oxygen atoms in total. The topological polar surface area (TPSA) is 61.8 Å². The van der Waals surface area contributed by atoms with E-state index in [0.717, 1.165) is 37.0 Å². The Morgan fingerprint density at radius 2 is 1.40 bits per heavy atom. The molecule has 0 saturated heterocycles. The molecule has 5 heteroatoms. The number of hydrogen-bond acceptors (Lipinski definition) is 5. The summed E-state index contributed by atoms with van der Waals surface area (Å²) in [7, 11) is 0. The Labute approximate surface area is 150 Å². The highest BCUT2D eigenvalue weighted by Gasteiger charge is 2.53. The van der Waals surface area contributed by atoms with Gasteiger partial charge in [-0.1, -0.05) is 13.8 Å². The van der Waals surface area contributed by atoms with E-state index in [1.54, 1.807) is 20.8 Å². The molecule has 4 aliphatic rings. The molecule has 4 rings (SSSR count). The van der Waals surface area contributed by atoms with E-state index in [2.05, 4.69) is 0 Å². The Bertz CT molecular complexity index is 479. The number of ether oxygens (including phenoxy) is 3. The van der Waals surface area contributed by atoms with Crippen molar-refractivity contribution in [3.05, 3.63) is 0 Å². The molecular formula is C20H32O5. The zero-order valence-corrected chi connectivity index (χ0v) is 16.0. The van der Waals surface area contributed by atoms with Gasteiger partial charge in [0.1, 0.15) is 5.60 Å². The minimum absolute atomic E-state index is 0.254. The second kappa shape index (κ2) is 7.26. The molecule has 4 saturated carbocycles. The van der Waals surface area contributed by atoms with Crippen LogP contribution in [0.15, 0.2) is 0 Å². The SMILES string of the molecule is CCOC(C)OC(=O)C(C)C(C)C(=O)OC12CC3CC(CC(C3)C1)C2. The molecule has 4 aliphatic carbocycles. The monoisotopic (exact) mass is 352 g/mol. The van der Waals surface area contributed by atoms with Crippen LogP contribution in [0, 0.1) is 29.6 Å².